The lowest BCUT2D eigenvalue weighted by Crippen LogP contribution is -2.38. The van der Waals surface area contributed by atoms with Gasteiger partial charge in [0, 0.05) is 4.90 Å². The molecule has 0 aromatic heterocycles. The molecule has 1 fully saturated rings. The summed E-state index contributed by atoms with van der Waals surface area (Å²) in [6, 6.07) is -0.162. The second kappa shape index (κ2) is 6.91. The van der Waals surface area contributed by atoms with E-state index in [0.717, 1.165) is 0 Å². The molecule has 1 saturated heterocycles. The van der Waals surface area contributed by atoms with Crippen molar-refractivity contribution in [3.63, 3.8) is 0 Å². The number of anilines is 1. The van der Waals surface area contributed by atoms with Crippen LogP contribution in [0.5, 0.6) is 0 Å². The topological polar surface area (TPSA) is 49.4 Å². The molecule has 2 rings (SSSR count). The average molecular weight is 424 g/mol. The van der Waals surface area contributed by atoms with Crippen molar-refractivity contribution in [1.29, 1.82) is 0 Å². The molecular weight excluding hydrogens is 412 g/mol. The summed E-state index contributed by atoms with van der Waals surface area (Å²) in [5.74, 6) is -11.8. The Morgan fingerprint density at radius 3 is 2.19 bits per heavy atom. The highest BCUT2D eigenvalue weighted by molar-refractivity contribution is 7.85. The zero-order valence-electron chi connectivity index (χ0n) is 13.5. The molecule has 1 N–H and O–H groups in total. The molecule has 1 aromatic rings. The van der Waals surface area contributed by atoms with E-state index in [4.69, 9.17) is 0 Å². The van der Waals surface area contributed by atoms with Gasteiger partial charge in [-0.05, 0) is 24.6 Å². The summed E-state index contributed by atoms with van der Waals surface area (Å²) in [5, 5.41) is 1.74. The molecule has 1 atom stereocenters. The minimum Gasteiger partial charge on any atom is -0.312 e. The Morgan fingerprint density at radius 2 is 1.70 bits per heavy atom. The summed E-state index contributed by atoms with van der Waals surface area (Å²) < 4.78 is 115. The fourth-order valence-electron chi connectivity index (χ4n) is 2.32. The maximum Gasteiger partial charge on any atom is 0.400 e. The van der Waals surface area contributed by atoms with Crippen molar-refractivity contribution in [3.05, 3.63) is 23.5 Å². The van der Waals surface area contributed by atoms with E-state index < -0.39 is 70.1 Å². The van der Waals surface area contributed by atoms with Gasteiger partial charge in [-0.1, -0.05) is 0 Å². The smallest absolute Gasteiger partial charge is 0.312 e. The van der Waals surface area contributed by atoms with Crippen molar-refractivity contribution in [1.82, 2.24) is 4.90 Å². The molecule has 1 aliphatic rings. The third kappa shape index (κ3) is 4.68. The fourth-order valence-corrected chi connectivity index (χ4v) is 3.44. The van der Waals surface area contributed by atoms with Gasteiger partial charge in [-0.15, -0.1) is 0 Å². The first-order valence-corrected chi connectivity index (χ1v) is 8.52. The highest BCUT2D eigenvalue weighted by Gasteiger charge is 2.64. The van der Waals surface area contributed by atoms with Crippen LogP contribution in [-0.2, 0) is 10.8 Å². The van der Waals surface area contributed by atoms with E-state index in [1.807, 2.05) is 0 Å². The molecule has 0 aliphatic carbocycles. The molecule has 0 radical (unpaired) electrons. The van der Waals surface area contributed by atoms with E-state index in [1.54, 1.807) is 5.32 Å². The van der Waals surface area contributed by atoms with Crippen LogP contribution in [0.25, 0.3) is 0 Å². The largest absolute Gasteiger partial charge is 0.400 e. The number of carbonyl (C=O) groups excluding carboxylic acids is 1. The van der Waals surface area contributed by atoms with E-state index in [0.29, 0.717) is 12.1 Å². The first kappa shape index (κ1) is 21.4. The van der Waals surface area contributed by atoms with E-state index >= 15 is 0 Å². The minimum absolute atomic E-state index is 0.0473. The first-order valence-electron chi connectivity index (χ1n) is 7.20. The van der Waals surface area contributed by atoms with Gasteiger partial charge < -0.3 is 10.2 Å². The summed E-state index contributed by atoms with van der Waals surface area (Å²) in [7, 11) is -2.62. The van der Waals surface area contributed by atoms with Crippen molar-refractivity contribution in [2.75, 3.05) is 24.2 Å². The minimum atomic E-state index is -4.78. The van der Waals surface area contributed by atoms with Crippen LogP contribution in [-0.4, -0.2) is 52.0 Å². The van der Waals surface area contributed by atoms with Gasteiger partial charge in [0.25, 0.3) is 0 Å². The van der Waals surface area contributed by atoms with Crippen LogP contribution in [0.1, 0.15) is 5.56 Å². The molecule has 1 unspecified atom stereocenters. The van der Waals surface area contributed by atoms with Crippen LogP contribution < -0.4 is 5.32 Å². The molecule has 0 saturated carbocycles. The zero-order chi connectivity index (χ0) is 20.8. The molecule has 1 heterocycles. The summed E-state index contributed by atoms with van der Waals surface area (Å²) in [6.45, 7) is -2.06. The monoisotopic (exact) mass is 424 g/mol. The predicted molar refractivity (Wildman–Crippen MR) is 79.0 cm³/mol. The number of rotatable bonds is 3. The SMILES string of the molecule is Cc1cc(F)c(NC(=O)N2CC(F)(F)C(F)(F)C2)cc1S(=O)CC(F)(F)F. The van der Waals surface area contributed by atoms with E-state index in [-0.39, 0.29) is 10.5 Å². The lowest BCUT2D eigenvalue weighted by atomic mass is 10.2. The lowest BCUT2D eigenvalue weighted by Gasteiger charge is -2.17. The molecule has 4 nitrogen and oxygen atoms in total. The number of alkyl halides is 7. The number of hydrogen-bond acceptors (Lipinski definition) is 2. The van der Waals surface area contributed by atoms with Crippen LogP contribution >= 0.6 is 0 Å². The van der Waals surface area contributed by atoms with Gasteiger partial charge in [-0.25, -0.2) is 9.18 Å². The van der Waals surface area contributed by atoms with Crippen molar-refractivity contribution < 1.29 is 44.1 Å². The van der Waals surface area contributed by atoms with Gasteiger partial charge in [0.15, 0.2) is 0 Å². The molecule has 2 amide bonds. The van der Waals surface area contributed by atoms with Gasteiger partial charge in [0.2, 0.25) is 0 Å². The third-order valence-electron chi connectivity index (χ3n) is 3.65. The van der Waals surface area contributed by atoms with Gasteiger partial charge in [-0.3, -0.25) is 4.21 Å². The molecule has 27 heavy (non-hydrogen) atoms. The number of nitrogens with zero attached hydrogens (tertiary/aromatic N) is 1. The second-order valence-electron chi connectivity index (χ2n) is 5.90. The molecular formula is C14H12F8N2O2S. The van der Waals surface area contributed by atoms with E-state index in [1.165, 1.54) is 6.92 Å². The third-order valence-corrected chi connectivity index (χ3v) is 5.17. The summed E-state index contributed by atoms with van der Waals surface area (Å²) in [4.78, 5) is 11.5. The fraction of sp³-hybridized carbons (Fsp3) is 0.500. The van der Waals surface area contributed by atoms with Gasteiger partial charge >= 0.3 is 24.1 Å². The Balaban J connectivity index is 2.23. The quantitative estimate of drug-likeness (QED) is 0.748. The number of aryl methyl sites for hydroxylation is 1. The van der Waals surface area contributed by atoms with Crippen molar-refractivity contribution in [2.45, 2.75) is 29.8 Å². The Kier molecular flexibility index (Phi) is 5.47. The maximum absolute atomic E-state index is 13.9. The predicted octanol–water partition coefficient (Wildman–Crippen LogP) is 3.92. The number of halogens is 8. The van der Waals surface area contributed by atoms with Crippen LogP contribution in [0, 0.1) is 12.7 Å². The number of carbonyl (C=O) groups is 1. The van der Waals surface area contributed by atoms with Crippen LogP contribution in [0.3, 0.4) is 0 Å². The van der Waals surface area contributed by atoms with E-state index in [2.05, 4.69) is 0 Å². The number of amides is 2. The lowest BCUT2D eigenvalue weighted by molar-refractivity contribution is -0.172. The molecule has 1 aromatic carbocycles. The van der Waals surface area contributed by atoms with Gasteiger partial charge in [-0.2, -0.15) is 30.7 Å². The van der Waals surface area contributed by atoms with Gasteiger partial charge in [0.05, 0.1) is 29.6 Å². The number of likely N-dealkylation sites (tertiary alicyclic amines) is 1. The number of hydrogen-bond donors (Lipinski definition) is 1. The maximum atomic E-state index is 13.9. The van der Waals surface area contributed by atoms with Crippen molar-refractivity contribution in [3.8, 4) is 0 Å². The average Bonchev–Trinajstić information content (AvgIpc) is 2.68. The summed E-state index contributed by atoms with van der Waals surface area (Å²) in [5.41, 5.74) is -0.873. The highest BCUT2D eigenvalue weighted by Crippen LogP contribution is 2.41. The Morgan fingerprint density at radius 1 is 1.19 bits per heavy atom. The Hall–Kier alpha value is -1.92. The number of benzene rings is 1. The summed E-state index contributed by atoms with van der Waals surface area (Å²) >= 11 is 0. The summed E-state index contributed by atoms with van der Waals surface area (Å²) in [6.07, 6.45) is -4.78. The van der Waals surface area contributed by atoms with Gasteiger partial charge in [0.1, 0.15) is 11.6 Å². The Labute approximate surface area is 150 Å². The van der Waals surface area contributed by atoms with Crippen molar-refractivity contribution in [2.24, 2.45) is 0 Å². The van der Waals surface area contributed by atoms with Crippen molar-refractivity contribution >= 4 is 22.5 Å². The molecule has 13 heteroatoms. The second-order valence-corrected chi connectivity index (χ2v) is 7.32. The number of urea groups is 1. The Bertz CT molecular complexity index is 765. The van der Waals surface area contributed by atoms with E-state index in [9.17, 15) is 44.1 Å². The number of nitrogens with one attached hydrogen (secondary N) is 1. The van der Waals surface area contributed by atoms with Crippen LogP contribution in [0.15, 0.2) is 17.0 Å². The standard InChI is InChI=1S/C14H12F8N2O2S/c1-7-2-8(15)9(3-10(7)27(26)6-14(20,21)22)23-11(25)24-4-12(16,17)13(18,19)5-24/h2-3H,4-6H2,1H3,(H,23,25). The van der Waals surface area contributed by atoms with Crippen LogP contribution in [0.2, 0.25) is 0 Å². The molecule has 0 bridgehead atoms. The zero-order valence-corrected chi connectivity index (χ0v) is 14.3. The molecule has 1 aliphatic heterocycles. The molecule has 0 spiro atoms. The highest BCUT2D eigenvalue weighted by atomic mass is 32.2. The normalized spacial score (nSPS) is 19.8. The molecule has 152 valence electrons. The first-order chi connectivity index (χ1) is 12.1. The van der Waals surface area contributed by atoms with Crippen LogP contribution in [0.4, 0.5) is 45.6 Å².